The van der Waals surface area contributed by atoms with Crippen LogP contribution in [0.2, 0.25) is 0 Å². The number of rotatable bonds is 9. The molecule has 2 heterocycles. The molecule has 2 N–H and O–H groups in total. The summed E-state index contributed by atoms with van der Waals surface area (Å²) < 4.78 is 8.01. The van der Waals surface area contributed by atoms with Crippen LogP contribution >= 0.6 is 0 Å². The standard InChI is InChI=1S/C20H30N6O/c1-3-21-20(23-13-19-25-24-18-10-7-11-26(18)19)22-12-16(2)14-27-15-17-8-5-4-6-9-17/h4-6,8-9,16H,3,7,10-15H2,1-2H3,(H2,21,22,23). The average molecular weight is 371 g/mol. The second kappa shape index (κ2) is 10.1. The third-order valence-electron chi connectivity index (χ3n) is 4.54. The topological polar surface area (TPSA) is 76.4 Å². The van der Waals surface area contributed by atoms with Crippen LogP contribution in [0.25, 0.3) is 0 Å². The van der Waals surface area contributed by atoms with Gasteiger partial charge in [0.25, 0.3) is 0 Å². The maximum absolute atomic E-state index is 5.82. The number of aliphatic imine (C=N–C) groups is 1. The van der Waals surface area contributed by atoms with E-state index in [4.69, 9.17) is 4.74 Å². The Labute approximate surface area is 161 Å². The number of hydrogen-bond donors (Lipinski definition) is 2. The van der Waals surface area contributed by atoms with E-state index < -0.39 is 0 Å². The van der Waals surface area contributed by atoms with Crippen molar-refractivity contribution in [2.45, 2.75) is 46.4 Å². The van der Waals surface area contributed by atoms with Gasteiger partial charge >= 0.3 is 0 Å². The lowest BCUT2D eigenvalue weighted by Gasteiger charge is -2.16. The number of nitrogens with one attached hydrogen (secondary N) is 2. The van der Waals surface area contributed by atoms with Gasteiger partial charge in [-0.25, -0.2) is 4.99 Å². The Morgan fingerprint density at radius 3 is 2.93 bits per heavy atom. The maximum Gasteiger partial charge on any atom is 0.191 e. The van der Waals surface area contributed by atoms with Crippen molar-refractivity contribution >= 4 is 5.96 Å². The highest BCUT2D eigenvalue weighted by Crippen LogP contribution is 2.14. The third kappa shape index (κ3) is 5.79. The first-order chi connectivity index (χ1) is 13.3. The molecule has 7 heteroatoms. The van der Waals surface area contributed by atoms with Crippen LogP contribution in [0, 0.1) is 5.92 Å². The second-order valence-electron chi connectivity index (χ2n) is 6.97. The van der Waals surface area contributed by atoms with E-state index >= 15 is 0 Å². The van der Waals surface area contributed by atoms with Gasteiger partial charge in [-0.1, -0.05) is 37.3 Å². The minimum absolute atomic E-state index is 0.384. The van der Waals surface area contributed by atoms with Crippen LogP contribution in [-0.2, 0) is 30.9 Å². The van der Waals surface area contributed by atoms with E-state index in [-0.39, 0.29) is 0 Å². The van der Waals surface area contributed by atoms with Gasteiger partial charge in [-0.15, -0.1) is 10.2 Å². The summed E-state index contributed by atoms with van der Waals surface area (Å²) in [6.07, 6.45) is 2.18. The lowest BCUT2D eigenvalue weighted by Crippen LogP contribution is -2.40. The summed E-state index contributed by atoms with van der Waals surface area (Å²) >= 11 is 0. The van der Waals surface area contributed by atoms with Gasteiger partial charge in [0.05, 0.1) is 13.2 Å². The number of aryl methyl sites for hydroxylation is 1. The van der Waals surface area contributed by atoms with E-state index in [0.717, 1.165) is 50.1 Å². The third-order valence-corrected chi connectivity index (χ3v) is 4.54. The molecule has 0 saturated heterocycles. The van der Waals surface area contributed by atoms with Gasteiger partial charge < -0.3 is 19.9 Å². The lowest BCUT2D eigenvalue weighted by atomic mass is 10.2. The van der Waals surface area contributed by atoms with Crippen molar-refractivity contribution in [2.24, 2.45) is 10.9 Å². The van der Waals surface area contributed by atoms with E-state index in [0.29, 0.717) is 25.7 Å². The van der Waals surface area contributed by atoms with E-state index in [1.807, 2.05) is 18.2 Å². The molecule has 27 heavy (non-hydrogen) atoms. The fraction of sp³-hybridized carbons (Fsp3) is 0.550. The summed E-state index contributed by atoms with van der Waals surface area (Å²) in [6.45, 7) is 8.77. The Balaban J connectivity index is 1.43. The molecule has 0 bridgehead atoms. The zero-order valence-electron chi connectivity index (χ0n) is 16.3. The summed E-state index contributed by atoms with van der Waals surface area (Å²) in [5.74, 6) is 3.22. The Bertz CT molecular complexity index is 727. The molecular weight excluding hydrogens is 340 g/mol. The minimum atomic E-state index is 0.384. The maximum atomic E-state index is 5.82. The van der Waals surface area contributed by atoms with Crippen LogP contribution in [-0.4, -0.2) is 40.4 Å². The fourth-order valence-electron chi connectivity index (χ4n) is 3.10. The number of aromatic nitrogens is 3. The zero-order chi connectivity index (χ0) is 18.9. The lowest BCUT2D eigenvalue weighted by molar-refractivity contribution is 0.0931. The fourth-order valence-corrected chi connectivity index (χ4v) is 3.10. The van der Waals surface area contributed by atoms with Crippen LogP contribution in [0.1, 0.15) is 37.5 Å². The number of nitrogens with zero attached hydrogens (tertiary/aromatic N) is 4. The Morgan fingerprint density at radius 2 is 2.11 bits per heavy atom. The summed E-state index contributed by atoms with van der Waals surface area (Å²) in [6, 6.07) is 10.3. The highest BCUT2D eigenvalue weighted by atomic mass is 16.5. The monoisotopic (exact) mass is 370 g/mol. The van der Waals surface area contributed by atoms with Crippen LogP contribution < -0.4 is 10.6 Å². The Kier molecular flexibility index (Phi) is 7.21. The first-order valence-electron chi connectivity index (χ1n) is 9.81. The van der Waals surface area contributed by atoms with Crippen molar-refractivity contribution in [1.82, 2.24) is 25.4 Å². The van der Waals surface area contributed by atoms with Crippen molar-refractivity contribution < 1.29 is 4.74 Å². The van der Waals surface area contributed by atoms with Gasteiger partial charge in [-0.05, 0) is 24.8 Å². The average Bonchev–Trinajstić information content (AvgIpc) is 3.29. The van der Waals surface area contributed by atoms with Crippen molar-refractivity contribution in [1.29, 1.82) is 0 Å². The Morgan fingerprint density at radius 1 is 1.26 bits per heavy atom. The van der Waals surface area contributed by atoms with Gasteiger partial charge in [-0.2, -0.15) is 0 Å². The molecule has 0 aliphatic carbocycles. The van der Waals surface area contributed by atoms with Crippen LogP contribution in [0.4, 0.5) is 0 Å². The molecule has 0 spiro atoms. The molecule has 0 saturated carbocycles. The van der Waals surface area contributed by atoms with Gasteiger partial charge in [0.2, 0.25) is 0 Å². The highest BCUT2D eigenvalue weighted by molar-refractivity contribution is 5.79. The number of hydrogen-bond acceptors (Lipinski definition) is 4. The molecule has 1 aromatic carbocycles. The predicted molar refractivity (Wildman–Crippen MR) is 106 cm³/mol. The smallest absolute Gasteiger partial charge is 0.191 e. The largest absolute Gasteiger partial charge is 0.376 e. The molecular formula is C20H30N6O. The van der Waals surface area contributed by atoms with Crippen molar-refractivity contribution in [3.63, 3.8) is 0 Å². The molecule has 7 nitrogen and oxygen atoms in total. The van der Waals surface area contributed by atoms with Gasteiger partial charge in [-0.3, -0.25) is 0 Å². The van der Waals surface area contributed by atoms with Crippen molar-refractivity contribution in [2.75, 3.05) is 19.7 Å². The minimum Gasteiger partial charge on any atom is -0.376 e. The number of guanidine groups is 1. The molecule has 1 atom stereocenters. The summed E-state index contributed by atoms with van der Waals surface area (Å²) in [5.41, 5.74) is 1.20. The summed E-state index contributed by atoms with van der Waals surface area (Å²) in [4.78, 5) is 4.66. The van der Waals surface area contributed by atoms with Crippen LogP contribution in [0.3, 0.4) is 0 Å². The zero-order valence-corrected chi connectivity index (χ0v) is 16.3. The molecule has 146 valence electrons. The van der Waals surface area contributed by atoms with Crippen molar-refractivity contribution in [3.8, 4) is 0 Å². The molecule has 0 amide bonds. The quantitative estimate of drug-likeness (QED) is 0.522. The molecule has 1 aromatic heterocycles. The molecule has 1 unspecified atom stereocenters. The van der Waals surface area contributed by atoms with E-state index in [2.05, 4.69) is 56.4 Å². The molecule has 1 aliphatic heterocycles. The van der Waals surface area contributed by atoms with Gasteiger partial charge in [0.1, 0.15) is 12.4 Å². The SMILES string of the molecule is CCNC(=NCc1nnc2n1CCC2)NCC(C)COCc1ccccc1. The van der Waals surface area contributed by atoms with E-state index in [9.17, 15) is 0 Å². The first-order valence-corrected chi connectivity index (χ1v) is 9.81. The molecule has 2 aromatic rings. The number of benzene rings is 1. The second-order valence-corrected chi connectivity index (χ2v) is 6.97. The van der Waals surface area contributed by atoms with Gasteiger partial charge in [0.15, 0.2) is 11.8 Å². The summed E-state index contributed by atoms with van der Waals surface area (Å²) in [7, 11) is 0. The van der Waals surface area contributed by atoms with E-state index in [1.165, 1.54) is 5.56 Å². The molecule has 3 rings (SSSR count). The number of ether oxygens (including phenoxy) is 1. The van der Waals surface area contributed by atoms with Crippen molar-refractivity contribution in [3.05, 3.63) is 47.5 Å². The summed E-state index contributed by atoms with van der Waals surface area (Å²) in [5, 5.41) is 15.2. The predicted octanol–water partition coefficient (Wildman–Crippen LogP) is 2.13. The highest BCUT2D eigenvalue weighted by Gasteiger charge is 2.16. The first kappa shape index (κ1) is 19.4. The normalized spacial score (nSPS) is 14.8. The van der Waals surface area contributed by atoms with E-state index in [1.54, 1.807) is 0 Å². The molecule has 0 radical (unpaired) electrons. The van der Waals surface area contributed by atoms with Crippen LogP contribution in [0.5, 0.6) is 0 Å². The number of fused-ring (bicyclic) bond motifs is 1. The Hall–Kier alpha value is -2.41. The van der Waals surface area contributed by atoms with Crippen LogP contribution in [0.15, 0.2) is 35.3 Å². The molecule has 1 aliphatic rings. The van der Waals surface area contributed by atoms with Gasteiger partial charge in [0, 0.05) is 26.1 Å². The molecule has 0 fully saturated rings.